The van der Waals surface area contributed by atoms with Crippen molar-refractivity contribution in [3.8, 4) is 11.3 Å². The van der Waals surface area contributed by atoms with Crippen molar-refractivity contribution >= 4 is 21.6 Å². The van der Waals surface area contributed by atoms with Crippen LogP contribution in [0, 0.1) is 0 Å². The SMILES string of the molecule is CO/N=C1/C[C@@H](c2ccccc2)Cc2nnc(-c3ccc(Br)cc3)cc21. The Kier molecular flexibility index (Phi) is 4.80. The van der Waals surface area contributed by atoms with Crippen LogP contribution < -0.4 is 0 Å². The highest BCUT2D eigenvalue weighted by atomic mass is 79.9. The topological polar surface area (TPSA) is 47.4 Å². The molecule has 4 nitrogen and oxygen atoms in total. The van der Waals surface area contributed by atoms with Crippen molar-refractivity contribution in [2.75, 3.05) is 7.11 Å². The van der Waals surface area contributed by atoms with Crippen LogP contribution in [-0.4, -0.2) is 23.0 Å². The highest BCUT2D eigenvalue weighted by molar-refractivity contribution is 9.10. The lowest BCUT2D eigenvalue weighted by molar-refractivity contribution is 0.212. The lowest BCUT2D eigenvalue weighted by atomic mass is 9.81. The fourth-order valence-electron chi connectivity index (χ4n) is 3.39. The Balaban J connectivity index is 1.73. The number of halogens is 1. The molecule has 0 bridgehead atoms. The first-order valence-electron chi connectivity index (χ1n) is 8.52. The summed E-state index contributed by atoms with van der Waals surface area (Å²) in [4.78, 5) is 5.12. The van der Waals surface area contributed by atoms with Gasteiger partial charge >= 0.3 is 0 Å². The molecule has 130 valence electrons. The molecule has 26 heavy (non-hydrogen) atoms. The van der Waals surface area contributed by atoms with Crippen LogP contribution in [0.3, 0.4) is 0 Å². The van der Waals surface area contributed by atoms with Gasteiger partial charge in [0.15, 0.2) is 0 Å². The van der Waals surface area contributed by atoms with E-state index < -0.39 is 0 Å². The number of fused-ring (bicyclic) bond motifs is 1. The fraction of sp³-hybridized carbons (Fsp3) is 0.190. The molecule has 0 saturated heterocycles. The van der Waals surface area contributed by atoms with E-state index in [9.17, 15) is 0 Å². The molecule has 1 aliphatic carbocycles. The highest BCUT2D eigenvalue weighted by Crippen LogP contribution is 2.33. The van der Waals surface area contributed by atoms with E-state index in [1.807, 2.05) is 30.3 Å². The van der Waals surface area contributed by atoms with E-state index in [2.05, 4.69) is 61.6 Å². The third-order valence-corrected chi connectivity index (χ3v) is 5.20. The molecule has 5 heteroatoms. The summed E-state index contributed by atoms with van der Waals surface area (Å²) >= 11 is 3.47. The Bertz CT molecular complexity index is 939. The minimum atomic E-state index is 0.338. The molecule has 0 spiro atoms. The summed E-state index contributed by atoms with van der Waals surface area (Å²) in [6, 6.07) is 20.6. The molecule has 3 aromatic rings. The van der Waals surface area contributed by atoms with Crippen LogP contribution in [-0.2, 0) is 11.3 Å². The van der Waals surface area contributed by atoms with Crippen molar-refractivity contribution in [3.05, 3.63) is 82.0 Å². The number of hydrogen-bond acceptors (Lipinski definition) is 4. The second-order valence-corrected chi connectivity index (χ2v) is 7.25. The molecule has 0 saturated carbocycles. The van der Waals surface area contributed by atoms with Gasteiger partial charge in [0, 0.05) is 22.0 Å². The summed E-state index contributed by atoms with van der Waals surface area (Å²) < 4.78 is 1.04. The van der Waals surface area contributed by atoms with Crippen LogP contribution in [0.5, 0.6) is 0 Å². The van der Waals surface area contributed by atoms with Crippen LogP contribution in [0.4, 0.5) is 0 Å². The zero-order chi connectivity index (χ0) is 17.9. The lowest BCUT2D eigenvalue weighted by Gasteiger charge is -2.25. The third-order valence-electron chi connectivity index (χ3n) is 4.67. The normalized spacial score (nSPS) is 17.8. The molecule has 1 aliphatic rings. The summed E-state index contributed by atoms with van der Waals surface area (Å²) in [6.07, 6.45) is 1.69. The van der Waals surface area contributed by atoms with Crippen molar-refractivity contribution < 1.29 is 4.84 Å². The Hall–Kier alpha value is -2.53. The summed E-state index contributed by atoms with van der Waals surface area (Å²) in [6.45, 7) is 0. The summed E-state index contributed by atoms with van der Waals surface area (Å²) in [7, 11) is 1.59. The Morgan fingerprint density at radius 3 is 2.50 bits per heavy atom. The lowest BCUT2D eigenvalue weighted by Crippen LogP contribution is -2.22. The zero-order valence-electron chi connectivity index (χ0n) is 14.4. The van der Waals surface area contributed by atoms with Gasteiger partial charge in [-0.1, -0.05) is 63.6 Å². The molecule has 0 unspecified atom stereocenters. The molecule has 2 aromatic carbocycles. The van der Waals surface area contributed by atoms with Crippen molar-refractivity contribution in [3.63, 3.8) is 0 Å². The average Bonchev–Trinajstić information content (AvgIpc) is 2.69. The number of rotatable bonds is 3. The molecule has 4 rings (SSSR count). The van der Waals surface area contributed by atoms with Gasteiger partial charge in [0.05, 0.1) is 17.1 Å². The fourth-order valence-corrected chi connectivity index (χ4v) is 3.65. The first kappa shape index (κ1) is 16.9. The van der Waals surface area contributed by atoms with Gasteiger partial charge in [-0.25, -0.2) is 0 Å². The summed E-state index contributed by atoms with van der Waals surface area (Å²) in [5, 5.41) is 13.3. The van der Waals surface area contributed by atoms with E-state index in [4.69, 9.17) is 4.84 Å². The maximum Gasteiger partial charge on any atom is 0.106 e. The van der Waals surface area contributed by atoms with E-state index in [0.29, 0.717) is 5.92 Å². The Morgan fingerprint density at radius 2 is 1.77 bits per heavy atom. The molecule has 0 radical (unpaired) electrons. The standard InChI is InChI=1S/C21H18BrN3O/c1-26-25-21-12-16(14-5-3-2-4-6-14)11-20-18(21)13-19(23-24-20)15-7-9-17(22)10-8-15/h2-10,13,16H,11-12H2,1H3/b25-21-/t16-/m0/s1. The molecular weight excluding hydrogens is 390 g/mol. The van der Waals surface area contributed by atoms with Crippen LogP contribution in [0.15, 0.2) is 70.3 Å². The van der Waals surface area contributed by atoms with Gasteiger partial charge in [-0.3, -0.25) is 0 Å². The van der Waals surface area contributed by atoms with Gasteiger partial charge in [-0.15, -0.1) is 0 Å². The summed E-state index contributed by atoms with van der Waals surface area (Å²) in [5.74, 6) is 0.338. The van der Waals surface area contributed by atoms with Crippen LogP contribution >= 0.6 is 15.9 Å². The highest BCUT2D eigenvalue weighted by Gasteiger charge is 2.27. The average molecular weight is 408 g/mol. The quantitative estimate of drug-likeness (QED) is 0.574. The monoisotopic (exact) mass is 407 g/mol. The molecule has 0 amide bonds. The number of aromatic nitrogens is 2. The Morgan fingerprint density at radius 1 is 1.00 bits per heavy atom. The molecule has 0 aliphatic heterocycles. The van der Waals surface area contributed by atoms with Gasteiger partial charge in [-0.2, -0.15) is 10.2 Å². The number of oxime groups is 1. The maximum atomic E-state index is 5.12. The van der Waals surface area contributed by atoms with E-state index in [1.54, 1.807) is 7.11 Å². The first-order valence-corrected chi connectivity index (χ1v) is 9.32. The molecular formula is C21H18BrN3O. The number of nitrogens with zero attached hydrogens (tertiary/aromatic N) is 3. The van der Waals surface area contributed by atoms with Crippen molar-refractivity contribution in [1.82, 2.24) is 10.2 Å². The van der Waals surface area contributed by atoms with Crippen molar-refractivity contribution in [2.45, 2.75) is 18.8 Å². The molecule has 1 aromatic heterocycles. The molecule has 0 N–H and O–H groups in total. The zero-order valence-corrected chi connectivity index (χ0v) is 16.0. The van der Waals surface area contributed by atoms with Gasteiger partial charge in [-0.05, 0) is 36.1 Å². The van der Waals surface area contributed by atoms with Gasteiger partial charge in [0.2, 0.25) is 0 Å². The van der Waals surface area contributed by atoms with Crippen molar-refractivity contribution in [2.24, 2.45) is 5.16 Å². The van der Waals surface area contributed by atoms with E-state index in [-0.39, 0.29) is 0 Å². The minimum absolute atomic E-state index is 0.338. The first-order chi connectivity index (χ1) is 12.7. The van der Waals surface area contributed by atoms with E-state index >= 15 is 0 Å². The third kappa shape index (κ3) is 3.40. The second-order valence-electron chi connectivity index (χ2n) is 6.33. The predicted octanol–water partition coefficient (Wildman–Crippen LogP) is 4.99. The largest absolute Gasteiger partial charge is 0.399 e. The second kappa shape index (κ2) is 7.38. The number of benzene rings is 2. The molecule has 0 fully saturated rings. The van der Waals surface area contributed by atoms with E-state index in [0.717, 1.165) is 45.5 Å². The van der Waals surface area contributed by atoms with Gasteiger partial charge in [0.25, 0.3) is 0 Å². The van der Waals surface area contributed by atoms with Gasteiger partial charge in [0.1, 0.15) is 7.11 Å². The van der Waals surface area contributed by atoms with E-state index in [1.165, 1.54) is 5.56 Å². The Labute approximate surface area is 161 Å². The van der Waals surface area contributed by atoms with Gasteiger partial charge < -0.3 is 4.84 Å². The van der Waals surface area contributed by atoms with Crippen LogP contribution in [0.1, 0.15) is 29.2 Å². The summed E-state index contributed by atoms with van der Waals surface area (Å²) in [5.41, 5.74) is 6.11. The smallest absolute Gasteiger partial charge is 0.106 e. The minimum Gasteiger partial charge on any atom is -0.399 e. The number of hydrogen-bond donors (Lipinski definition) is 0. The molecule has 1 atom stereocenters. The van der Waals surface area contributed by atoms with Crippen LogP contribution in [0.25, 0.3) is 11.3 Å². The molecule has 1 heterocycles. The maximum absolute atomic E-state index is 5.12. The predicted molar refractivity (Wildman–Crippen MR) is 106 cm³/mol. The van der Waals surface area contributed by atoms with Crippen LogP contribution in [0.2, 0.25) is 0 Å². The van der Waals surface area contributed by atoms with Crippen molar-refractivity contribution in [1.29, 1.82) is 0 Å².